The Labute approximate surface area is 118 Å². The Kier molecular flexibility index (Phi) is 3.42. The van der Waals surface area contributed by atoms with Crippen LogP contribution in [0.25, 0.3) is 0 Å². The number of rotatable bonds is 2. The van der Waals surface area contributed by atoms with E-state index in [0.717, 1.165) is 18.8 Å². The van der Waals surface area contributed by atoms with Crippen LogP contribution in [0.5, 0.6) is 0 Å². The van der Waals surface area contributed by atoms with Crippen LogP contribution < -0.4 is 15.4 Å². The summed E-state index contributed by atoms with van der Waals surface area (Å²) in [5.41, 5.74) is 5.62. The van der Waals surface area contributed by atoms with E-state index in [1.807, 2.05) is 11.6 Å². The molecule has 2 fully saturated rings. The van der Waals surface area contributed by atoms with E-state index in [2.05, 4.69) is 10.9 Å². The van der Waals surface area contributed by atoms with Gasteiger partial charge in [-0.15, -0.1) is 0 Å². The SMILES string of the molecule is C[n+]1ccc(C(=O)NNC(=O)[C@H]2C[C@@H]3CC[C@@H]2C3)cc1. The van der Waals surface area contributed by atoms with Crippen LogP contribution in [0.1, 0.15) is 36.0 Å². The molecule has 1 heterocycles. The maximum absolute atomic E-state index is 12.1. The number of nitrogens with one attached hydrogen (secondary N) is 2. The molecule has 1 aromatic rings. The van der Waals surface area contributed by atoms with Gasteiger partial charge >= 0.3 is 0 Å². The molecule has 0 unspecified atom stereocenters. The number of amides is 2. The van der Waals surface area contributed by atoms with E-state index >= 15 is 0 Å². The van der Waals surface area contributed by atoms with E-state index < -0.39 is 0 Å². The van der Waals surface area contributed by atoms with Crippen LogP contribution in [0.4, 0.5) is 0 Å². The lowest BCUT2D eigenvalue weighted by molar-refractivity contribution is -0.671. The Morgan fingerprint density at radius 2 is 1.90 bits per heavy atom. The van der Waals surface area contributed by atoms with Crippen molar-refractivity contribution in [2.24, 2.45) is 24.8 Å². The highest BCUT2D eigenvalue weighted by atomic mass is 16.2. The quantitative estimate of drug-likeness (QED) is 0.616. The van der Waals surface area contributed by atoms with Crippen LogP contribution in [0.3, 0.4) is 0 Å². The van der Waals surface area contributed by atoms with Crippen LogP contribution in [0, 0.1) is 17.8 Å². The van der Waals surface area contributed by atoms with Gasteiger partial charge < -0.3 is 0 Å². The van der Waals surface area contributed by atoms with Gasteiger partial charge in [0.1, 0.15) is 7.05 Å². The first-order valence-corrected chi connectivity index (χ1v) is 7.19. The van der Waals surface area contributed by atoms with Crippen LogP contribution in [0.15, 0.2) is 24.5 Å². The van der Waals surface area contributed by atoms with Gasteiger partial charge in [0.25, 0.3) is 5.91 Å². The van der Waals surface area contributed by atoms with Crippen LogP contribution in [0.2, 0.25) is 0 Å². The highest BCUT2D eigenvalue weighted by Crippen LogP contribution is 2.48. The van der Waals surface area contributed by atoms with Gasteiger partial charge in [0.15, 0.2) is 12.4 Å². The topological polar surface area (TPSA) is 62.1 Å². The van der Waals surface area contributed by atoms with Gasteiger partial charge in [0.2, 0.25) is 5.91 Å². The molecule has 3 rings (SSSR count). The van der Waals surface area contributed by atoms with Crippen molar-refractivity contribution < 1.29 is 14.2 Å². The molecule has 2 saturated carbocycles. The zero-order valence-electron chi connectivity index (χ0n) is 11.6. The zero-order valence-corrected chi connectivity index (χ0v) is 11.6. The number of hydrazine groups is 1. The number of pyridine rings is 1. The maximum atomic E-state index is 12.1. The minimum Gasteiger partial charge on any atom is -0.273 e. The molecule has 0 radical (unpaired) electrons. The summed E-state index contributed by atoms with van der Waals surface area (Å²) in [6, 6.07) is 3.44. The highest BCUT2D eigenvalue weighted by molar-refractivity contribution is 5.95. The number of fused-ring (bicyclic) bond motifs is 2. The normalized spacial score (nSPS) is 27.4. The highest BCUT2D eigenvalue weighted by Gasteiger charge is 2.43. The second-order valence-electron chi connectivity index (χ2n) is 5.98. The average Bonchev–Trinajstić information content (AvgIpc) is 3.08. The van der Waals surface area contributed by atoms with Crippen molar-refractivity contribution in [3.05, 3.63) is 30.1 Å². The number of hydrogen-bond donors (Lipinski definition) is 2. The number of carbonyl (C=O) groups is 2. The molecule has 2 amide bonds. The Morgan fingerprint density at radius 3 is 2.50 bits per heavy atom. The second-order valence-corrected chi connectivity index (χ2v) is 5.98. The zero-order chi connectivity index (χ0) is 14.1. The van der Waals surface area contributed by atoms with Gasteiger partial charge in [-0.3, -0.25) is 20.4 Å². The Morgan fingerprint density at radius 1 is 1.15 bits per heavy atom. The van der Waals surface area contributed by atoms with Crippen molar-refractivity contribution in [1.82, 2.24) is 10.9 Å². The van der Waals surface area contributed by atoms with E-state index in [0.29, 0.717) is 11.5 Å². The molecule has 20 heavy (non-hydrogen) atoms. The van der Waals surface area contributed by atoms with Gasteiger partial charge in [0.05, 0.1) is 5.56 Å². The lowest BCUT2D eigenvalue weighted by Crippen LogP contribution is -2.45. The second kappa shape index (κ2) is 5.23. The summed E-state index contributed by atoms with van der Waals surface area (Å²) in [5, 5.41) is 0. The van der Waals surface area contributed by atoms with Gasteiger partial charge in [-0.2, -0.15) is 0 Å². The largest absolute Gasteiger partial charge is 0.273 e. The average molecular weight is 274 g/mol. The van der Waals surface area contributed by atoms with Crippen molar-refractivity contribution in [3.63, 3.8) is 0 Å². The van der Waals surface area contributed by atoms with E-state index in [4.69, 9.17) is 0 Å². The Hall–Kier alpha value is -1.91. The number of nitrogens with zero attached hydrogens (tertiary/aromatic N) is 1. The van der Waals surface area contributed by atoms with Gasteiger partial charge in [-0.1, -0.05) is 6.42 Å². The van der Waals surface area contributed by atoms with Crippen molar-refractivity contribution in [2.45, 2.75) is 25.7 Å². The van der Waals surface area contributed by atoms with Gasteiger partial charge in [-0.25, -0.2) is 4.57 Å². The van der Waals surface area contributed by atoms with E-state index in [1.54, 1.807) is 24.5 Å². The number of hydrogen-bond acceptors (Lipinski definition) is 2. The molecule has 2 bridgehead atoms. The van der Waals surface area contributed by atoms with E-state index in [1.165, 1.54) is 12.8 Å². The molecular formula is C15H20N3O2+. The third kappa shape index (κ3) is 2.53. The summed E-state index contributed by atoms with van der Waals surface area (Å²) in [6.45, 7) is 0. The summed E-state index contributed by atoms with van der Waals surface area (Å²) >= 11 is 0. The number of aryl methyl sites for hydroxylation is 1. The molecule has 2 aliphatic carbocycles. The van der Waals surface area contributed by atoms with Crippen molar-refractivity contribution in [3.8, 4) is 0 Å². The first-order chi connectivity index (χ1) is 9.63. The predicted octanol–water partition coefficient (Wildman–Crippen LogP) is 0.708. The van der Waals surface area contributed by atoms with E-state index in [-0.39, 0.29) is 17.7 Å². The summed E-state index contributed by atoms with van der Waals surface area (Å²) in [6.07, 6.45) is 8.18. The molecule has 1 aromatic heterocycles. The van der Waals surface area contributed by atoms with Crippen LogP contribution in [-0.4, -0.2) is 11.8 Å². The Bertz CT molecular complexity index is 526. The van der Waals surface area contributed by atoms with Gasteiger partial charge in [0, 0.05) is 18.1 Å². The minimum absolute atomic E-state index is 0.0352. The predicted molar refractivity (Wildman–Crippen MR) is 72.2 cm³/mol. The minimum atomic E-state index is -0.276. The molecule has 0 aliphatic heterocycles. The van der Waals surface area contributed by atoms with Crippen molar-refractivity contribution in [1.29, 1.82) is 0 Å². The van der Waals surface area contributed by atoms with Crippen molar-refractivity contribution >= 4 is 11.8 Å². The molecule has 5 heteroatoms. The molecule has 0 saturated heterocycles. The third-order valence-electron chi connectivity index (χ3n) is 4.61. The molecule has 2 aliphatic rings. The summed E-state index contributed by atoms with van der Waals surface area (Å²) in [5.74, 6) is 1.02. The first-order valence-electron chi connectivity index (χ1n) is 7.19. The fraction of sp³-hybridized carbons (Fsp3) is 0.533. The van der Waals surface area contributed by atoms with Crippen LogP contribution in [-0.2, 0) is 11.8 Å². The molecule has 0 aromatic carbocycles. The molecule has 2 N–H and O–H groups in total. The summed E-state index contributed by atoms with van der Waals surface area (Å²) < 4.78 is 1.85. The van der Waals surface area contributed by atoms with Crippen molar-refractivity contribution in [2.75, 3.05) is 0 Å². The monoisotopic (exact) mass is 274 g/mol. The Balaban J connectivity index is 1.53. The molecule has 3 atom stereocenters. The summed E-state index contributed by atoms with van der Waals surface area (Å²) in [4.78, 5) is 24.0. The number of carbonyl (C=O) groups excluding carboxylic acids is 2. The molecular weight excluding hydrogens is 254 g/mol. The summed E-state index contributed by atoms with van der Waals surface area (Å²) in [7, 11) is 1.89. The fourth-order valence-corrected chi connectivity index (χ4v) is 3.50. The maximum Gasteiger partial charge on any atom is 0.270 e. The fourth-order valence-electron chi connectivity index (χ4n) is 3.50. The lowest BCUT2D eigenvalue weighted by atomic mass is 9.88. The third-order valence-corrected chi connectivity index (χ3v) is 4.61. The lowest BCUT2D eigenvalue weighted by Gasteiger charge is -2.20. The van der Waals surface area contributed by atoms with E-state index in [9.17, 15) is 9.59 Å². The molecule has 5 nitrogen and oxygen atoms in total. The molecule has 0 spiro atoms. The smallest absolute Gasteiger partial charge is 0.270 e. The van der Waals surface area contributed by atoms with Gasteiger partial charge in [-0.05, 0) is 31.1 Å². The van der Waals surface area contributed by atoms with Crippen LogP contribution >= 0.6 is 0 Å². The standard InChI is InChI=1S/C15H19N3O2/c1-18-6-4-11(5-7-18)14(19)16-17-15(20)13-9-10-2-3-12(13)8-10/h4-7,10,12-13,19H,2-3,8-9H2,1H3/p+1/t10-,12-,13+/m1/s1. The molecule has 106 valence electrons. The first kappa shape index (κ1) is 13.1. The number of aromatic nitrogens is 1.